The molecule has 1 heterocycles. The highest BCUT2D eigenvalue weighted by molar-refractivity contribution is 7.15. The highest BCUT2D eigenvalue weighted by atomic mass is 32.1. The number of nitrogens with zero attached hydrogens (tertiary/aromatic N) is 2. The smallest absolute Gasteiger partial charge is 0.185 e. The fraction of sp³-hybridized carbons (Fsp3) is 0.727. The fourth-order valence-electron chi connectivity index (χ4n) is 1.71. The molecule has 0 amide bonds. The lowest BCUT2D eigenvalue weighted by Gasteiger charge is -2.34. The maximum absolute atomic E-state index is 4.49. The topological polar surface area (TPSA) is 28.2 Å². The molecule has 1 aliphatic rings. The highest BCUT2D eigenvalue weighted by Crippen LogP contribution is 2.32. The SMILES string of the molecule is CNC(C)c1cnc(N(C)C2CCC2)s1. The Balaban J connectivity index is 2.05. The monoisotopic (exact) mass is 225 g/mol. The third-order valence-electron chi connectivity index (χ3n) is 3.30. The first-order chi connectivity index (χ1) is 7.22. The summed E-state index contributed by atoms with van der Waals surface area (Å²) < 4.78 is 0. The predicted octanol–water partition coefficient (Wildman–Crippen LogP) is 2.41. The van der Waals surface area contributed by atoms with Gasteiger partial charge in [0.05, 0.1) is 0 Å². The number of hydrogen-bond donors (Lipinski definition) is 1. The van der Waals surface area contributed by atoms with E-state index in [0.717, 1.165) is 11.2 Å². The molecule has 1 N–H and O–H groups in total. The van der Waals surface area contributed by atoms with Gasteiger partial charge in [0.25, 0.3) is 0 Å². The Kier molecular flexibility index (Phi) is 3.26. The number of hydrogen-bond acceptors (Lipinski definition) is 4. The van der Waals surface area contributed by atoms with E-state index in [-0.39, 0.29) is 0 Å². The molecule has 1 unspecified atom stereocenters. The summed E-state index contributed by atoms with van der Waals surface area (Å²) in [6.45, 7) is 2.17. The van der Waals surface area contributed by atoms with E-state index in [1.54, 1.807) is 11.3 Å². The Hall–Kier alpha value is -0.610. The van der Waals surface area contributed by atoms with Crippen molar-refractivity contribution in [3.8, 4) is 0 Å². The minimum absolute atomic E-state index is 0.408. The van der Waals surface area contributed by atoms with E-state index in [0.29, 0.717) is 6.04 Å². The molecule has 1 saturated carbocycles. The minimum Gasteiger partial charge on any atom is -0.348 e. The molecule has 84 valence electrons. The van der Waals surface area contributed by atoms with Gasteiger partial charge in [-0.25, -0.2) is 4.98 Å². The van der Waals surface area contributed by atoms with E-state index in [2.05, 4.69) is 29.2 Å². The molecule has 0 aromatic carbocycles. The van der Waals surface area contributed by atoms with Crippen molar-refractivity contribution < 1.29 is 0 Å². The van der Waals surface area contributed by atoms with Crippen LogP contribution < -0.4 is 10.2 Å². The van der Waals surface area contributed by atoms with Crippen LogP contribution in [-0.4, -0.2) is 25.1 Å². The Labute approximate surface area is 95.5 Å². The van der Waals surface area contributed by atoms with E-state index in [9.17, 15) is 0 Å². The molecule has 0 spiro atoms. The summed E-state index contributed by atoms with van der Waals surface area (Å²) in [5.41, 5.74) is 0. The van der Waals surface area contributed by atoms with E-state index in [1.165, 1.54) is 24.1 Å². The van der Waals surface area contributed by atoms with Crippen molar-refractivity contribution in [2.24, 2.45) is 0 Å². The van der Waals surface area contributed by atoms with Crippen molar-refractivity contribution in [3.05, 3.63) is 11.1 Å². The van der Waals surface area contributed by atoms with Crippen LogP contribution in [0.4, 0.5) is 5.13 Å². The Morgan fingerprint density at radius 2 is 2.33 bits per heavy atom. The summed E-state index contributed by atoms with van der Waals surface area (Å²) in [6, 6.07) is 1.14. The van der Waals surface area contributed by atoms with Crippen LogP contribution in [-0.2, 0) is 0 Å². The molecular formula is C11H19N3S. The van der Waals surface area contributed by atoms with E-state index in [4.69, 9.17) is 0 Å². The van der Waals surface area contributed by atoms with Crippen LogP contribution in [0, 0.1) is 0 Å². The van der Waals surface area contributed by atoms with Crippen LogP contribution in [0.25, 0.3) is 0 Å². The maximum atomic E-state index is 4.49. The van der Waals surface area contributed by atoms with Crippen LogP contribution in [0.1, 0.15) is 37.1 Å². The lowest BCUT2D eigenvalue weighted by molar-refractivity contribution is 0.401. The first-order valence-corrected chi connectivity index (χ1v) is 6.40. The highest BCUT2D eigenvalue weighted by Gasteiger charge is 2.24. The van der Waals surface area contributed by atoms with Gasteiger partial charge in [-0.1, -0.05) is 0 Å². The molecule has 1 aromatic heterocycles. The molecule has 1 aliphatic carbocycles. The van der Waals surface area contributed by atoms with Gasteiger partial charge in [0.2, 0.25) is 0 Å². The van der Waals surface area contributed by atoms with E-state index < -0.39 is 0 Å². The molecule has 1 atom stereocenters. The van der Waals surface area contributed by atoms with Crippen molar-refractivity contribution in [3.63, 3.8) is 0 Å². The van der Waals surface area contributed by atoms with Crippen molar-refractivity contribution in [1.82, 2.24) is 10.3 Å². The van der Waals surface area contributed by atoms with E-state index in [1.807, 2.05) is 13.2 Å². The van der Waals surface area contributed by atoms with Crippen LogP contribution in [0.15, 0.2) is 6.20 Å². The molecule has 1 aromatic rings. The summed E-state index contributed by atoms with van der Waals surface area (Å²) >= 11 is 1.80. The van der Waals surface area contributed by atoms with Gasteiger partial charge in [-0.15, -0.1) is 11.3 Å². The quantitative estimate of drug-likeness (QED) is 0.853. The third kappa shape index (κ3) is 2.16. The zero-order valence-corrected chi connectivity index (χ0v) is 10.5. The summed E-state index contributed by atoms with van der Waals surface area (Å²) in [6.07, 6.45) is 6.02. The zero-order valence-electron chi connectivity index (χ0n) is 9.66. The molecule has 4 heteroatoms. The number of thiazole rings is 1. The fourth-order valence-corrected chi connectivity index (χ4v) is 2.72. The van der Waals surface area contributed by atoms with Gasteiger partial charge in [0.1, 0.15) is 0 Å². The van der Waals surface area contributed by atoms with Gasteiger partial charge in [0, 0.05) is 30.2 Å². The second-order valence-corrected chi connectivity index (χ2v) is 5.29. The van der Waals surface area contributed by atoms with Crippen LogP contribution in [0.2, 0.25) is 0 Å². The van der Waals surface area contributed by atoms with Gasteiger partial charge < -0.3 is 10.2 Å². The lowest BCUT2D eigenvalue weighted by atomic mass is 9.92. The van der Waals surface area contributed by atoms with Gasteiger partial charge in [-0.3, -0.25) is 0 Å². The molecule has 0 saturated heterocycles. The first kappa shape index (κ1) is 10.9. The summed E-state index contributed by atoms with van der Waals surface area (Å²) in [7, 11) is 4.15. The summed E-state index contributed by atoms with van der Waals surface area (Å²) in [4.78, 5) is 8.14. The van der Waals surface area contributed by atoms with Gasteiger partial charge in [-0.2, -0.15) is 0 Å². The summed E-state index contributed by atoms with van der Waals surface area (Å²) in [5, 5.41) is 4.41. The molecule has 3 nitrogen and oxygen atoms in total. The number of aromatic nitrogens is 1. The van der Waals surface area contributed by atoms with Crippen LogP contribution in [0.3, 0.4) is 0 Å². The standard InChI is InChI=1S/C11H19N3S/c1-8(12-2)10-7-13-11(15-10)14(3)9-5-4-6-9/h7-9,12H,4-6H2,1-3H3. The molecule has 15 heavy (non-hydrogen) atoms. The molecule has 0 aliphatic heterocycles. The molecule has 2 rings (SSSR count). The lowest BCUT2D eigenvalue weighted by Crippen LogP contribution is -2.36. The van der Waals surface area contributed by atoms with Crippen LogP contribution in [0.5, 0.6) is 0 Å². The van der Waals surface area contributed by atoms with Gasteiger partial charge in [-0.05, 0) is 33.2 Å². The van der Waals surface area contributed by atoms with Gasteiger partial charge >= 0.3 is 0 Å². The Bertz CT molecular complexity index is 319. The van der Waals surface area contributed by atoms with Gasteiger partial charge in [0.15, 0.2) is 5.13 Å². The number of nitrogens with one attached hydrogen (secondary N) is 1. The normalized spacial score (nSPS) is 18.6. The second-order valence-electron chi connectivity index (χ2n) is 4.25. The number of rotatable bonds is 4. The maximum Gasteiger partial charge on any atom is 0.185 e. The Morgan fingerprint density at radius 3 is 2.87 bits per heavy atom. The largest absolute Gasteiger partial charge is 0.348 e. The Morgan fingerprint density at radius 1 is 1.60 bits per heavy atom. The first-order valence-electron chi connectivity index (χ1n) is 5.58. The second kappa shape index (κ2) is 4.49. The average Bonchev–Trinajstić information content (AvgIpc) is 2.62. The van der Waals surface area contributed by atoms with E-state index >= 15 is 0 Å². The molecule has 0 radical (unpaired) electrons. The number of anilines is 1. The van der Waals surface area contributed by atoms with Crippen molar-refractivity contribution in [2.75, 3.05) is 19.0 Å². The molecule has 1 fully saturated rings. The predicted molar refractivity (Wildman–Crippen MR) is 65.6 cm³/mol. The zero-order chi connectivity index (χ0) is 10.8. The summed E-state index contributed by atoms with van der Waals surface area (Å²) in [5.74, 6) is 0. The average molecular weight is 225 g/mol. The molecule has 0 bridgehead atoms. The van der Waals surface area contributed by atoms with Crippen molar-refractivity contribution in [2.45, 2.75) is 38.3 Å². The minimum atomic E-state index is 0.408. The molecular weight excluding hydrogens is 206 g/mol. The third-order valence-corrected chi connectivity index (χ3v) is 4.57. The van der Waals surface area contributed by atoms with Crippen molar-refractivity contribution in [1.29, 1.82) is 0 Å². The van der Waals surface area contributed by atoms with Crippen LogP contribution >= 0.6 is 11.3 Å². The van der Waals surface area contributed by atoms with Crippen molar-refractivity contribution >= 4 is 16.5 Å².